The molecule has 4 nitrogen and oxygen atoms in total. The molecule has 5 rings (SSSR count). The molecular formula is C25H18BrN3O. The number of rotatable bonds is 4. The van der Waals surface area contributed by atoms with Crippen molar-refractivity contribution in [3.05, 3.63) is 101 Å². The van der Waals surface area contributed by atoms with Crippen LogP contribution in [0.15, 0.2) is 89.4 Å². The van der Waals surface area contributed by atoms with E-state index in [1.165, 1.54) is 0 Å². The zero-order valence-corrected chi connectivity index (χ0v) is 17.6. The lowest BCUT2D eigenvalue weighted by Gasteiger charge is -2.09. The molecule has 2 aromatic heterocycles. The number of nitrogens with one attached hydrogen (secondary N) is 2. The van der Waals surface area contributed by atoms with Crippen molar-refractivity contribution < 1.29 is 4.79 Å². The summed E-state index contributed by atoms with van der Waals surface area (Å²) in [6, 6.07) is 27.8. The molecule has 0 aliphatic carbocycles. The Morgan fingerprint density at radius 2 is 1.70 bits per heavy atom. The lowest BCUT2D eigenvalue weighted by Crippen LogP contribution is -2.24. The molecule has 0 radical (unpaired) electrons. The minimum absolute atomic E-state index is 0.192. The van der Waals surface area contributed by atoms with Crippen LogP contribution >= 0.6 is 15.9 Å². The number of H-pyrrole nitrogens is 1. The number of benzene rings is 3. The van der Waals surface area contributed by atoms with Gasteiger partial charge in [-0.05, 0) is 29.8 Å². The van der Waals surface area contributed by atoms with E-state index >= 15 is 0 Å². The molecule has 0 aliphatic heterocycles. The van der Waals surface area contributed by atoms with Crippen molar-refractivity contribution in [3.63, 3.8) is 0 Å². The lowest BCUT2D eigenvalue weighted by atomic mass is 10.1. The van der Waals surface area contributed by atoms with Crippen molar-refractivity contribution in [2.24, 2.45) is 0 Å². The monoisotopic (exact) mass is 455 g/mol. The number of nitrogens with zero attached hydrogens (tertiary/aromatic N) is 1. The SMILES string of the molecule is O=C(NCc1ccccc1)c1cc2c([nH]c3ccccc32)c(-c2cccc(Br)c2)n1. The van der Waals surface area contributed by atoms with Crippen molar-refractivity contribution in [1.29, 1.82) is 0 Å². The van der Waals surface area contributed by atoms with Gasteiger partial charge in [-0.1, -0.05) is 76.6 Å². The van der Waals surface area contributed by atoms with Crippen LogP contribution in [0, 0.1) is 0 Å². The summed E-state index contributed by atoms with van der Waals surface area (Å²) in [6.45, 7) is 0.458. The molecule has 5 aromatic rings. The fourth-order valence-corrected chi connectivity index (χ4v) is 4.07. The number of aromatic nitrogens is 2. The minimum Gasteiger partial charge on any atom is -0.353 e. The van der Waals surface area contributed by atoms with Crippen molar-refractivity contribution in [1.82, 2.24) is 15.3 Å². The first-order chi connectivity index (χ1) is 14.7. The molecule has 0 fully saturated rings. The second-order valence-corrected chi connectivity index (χ2v) is 8.04. The summed E-state index contributed by atoms with van der Waals surface area (Å²) < 4.78 is 0.963. The Balaban J connectivity index is 1.63. The first-order valence-electron chi connectivity index (χ1n) is 9.68. The van der Waals surface area contributed by atoms with Crippen LogP contribution in [0.2, 0.25) is 0 Å². The molecule has 146 valence electrons. The normalized spacial score (nSPS) is 11.1. The highest BCUT2D eigenvalue weighted by atomic mass is 79.9. The van der Waals surface area contributed by atoms with Gasteiger partial charge in [0.25, 0.3) is 5.91 Å². The van der Waals surface area contributed by atoms with Crippen LogP contribution in [0.3, 0.4) is 0 Å². The lowest BCUT2D eigenvalue weighted by molar-refractivity contribution is 0.0946. The number of carbonyl (C=O) groups is 1. The molecule has 5 heteroatoms. The molecule has 0 bridgehead atoms. The summed E-state index contributed by atoms with van der Waals surface area (Å²) in [5.74, 6) is -0.192. The van der Waals surface area contributed by atoms with Gasteiger partial charge in [-0.25, -0.2) is 4.98 Å². The molecule has 0 unspecified atom stereocenters. The summed E-state index contributed by atoms with van der Waals surface area (Å²) in [6.07, 6.45) is 0. The average molecular weight is 456 g/mol. The Labute approximate surface area is 182 Å². The fourth-order valence-electron chi connectivity index (χ4n) is 3.68. The van der Waals surface area contributed by atoms with Gasteiger partial charge in [0.15, 0.2) is 0 Å². The van der Waals surface area contributed by atoms with Gasteiger partial charge in [0.05, 0.1) is 11.2 Å². The third kappa shape index (κ3) is 3.48. The standard InChI is InChI=1S/C25H18BrN3O/c26-18-10-6-9-17(13-18)23-24-20(19-11-4-5-12-21(19)28-24)14-22(29-23)25(30)27-15-16-7-2-1-3-8-16/h1-14,28H,15H2,(H,27,30). The summed E-state index contributed by atoms with van der Waals surface area (Å²) in [5, 5.41) is 5.05. The Kier molecular flexibility index (Phi) is 4.81. The smallest absolute Gasteiger partial charge is 0.270 e. The predicted octanol–water partition coefficient (Wildman–Crippen LogP) is 6.08. The van der Waals surface area contributed by atoms with Crippen LogP contribution < -0.4 is 5.32 Å². The third-order valence-corrected chi connectivity index (χ3v) is 5.62. The number of hydrogen-bond acceptors (Lipinski definition) is 2. The van der Waals surface area contributed by atoms with Crippen LogP contribution in [0.25, 0.3) is 33.1 Å². The van der Waals surface area contributed by atoms with Crippen LogP contribution in [0.1, 0.15) is 16.1 Å². The van der Waals surface area contributed by atoms with E-state index in [9.17, 15) is 4.79 Å². The molecular weight excluding hydrogens is 438 g/mol. The quantitative estimate of drug-likeness (QED) is 0.345. The van der Waals surface area contributed by atoms with E-state index in [-0.39, 0.29) is 5.91 Å². The Morgan fingerprint density at radius 3 is 2.53 bits per heavy atom. The van der Waals surface area contributed by atoms with E-state index < -0.39 is 0 Å². The van der Waals surface area contributed by atoms with Crippen molar-refractivity contribution in [2.45, 2.75) is 6.54 Å². The number of hydrogen-bond donors (Lipinski definition) is 2. The number of pyridine rings is 1. The fraction of sp³-hybridized carbons (Fsp3) is 0.0400. The number of amides is 1. The molecule has 0 saturated heterocycles. The Morgan fingerprint density at radius 1 is 0.900 bits per heavy atom. The molecule has 2 N–H and O–H groups in total. The second-order valence-electron chi connectivity index (χ2n) is 7.13. The molecule has 0 spiro atoms. The van der Waals surface area contributed by atoms with E-state index in [1.807, 2.05) is 78.9 Å². The van der Waals surface area contributed by atoms with Gasteiger partial charge in [0.2, 0.25) is 0 Å². The Bertz CT molecular complexity index is 1380. The number of carbonyl (C=O) groups excluding carboxylic acids is 1. The zero-order chi connectivity index (χ0) is 20.5. The van der Waals surface area contributed by atoms with Gasteiger partial charge < -0.3 is 10.3 Å². The summed E-state index contributed by atoms with van der Waals surface area (Å²) >= 11 is 3.54. The number of aromatic amines is 1. The maximum Gasteiger partial charge on any atom is 0.270 e. The number of para-hydroxylation sites is 1. The average Bonchev–Trinajstić information content (AvgIpc) is 3.16. The molecule has 0 aliphatic rings. The van der Waals surface area contributed by atoms with Gasteiger partial charge in [-0.2, -0.15) is 0 Å². The van der Waals surface area contributed by atoms with Gasteiger partial charge in [0, 0.05) is 32.9 Å². The molecule has 1 amide bonds. The summed E-state index contributed by atoms with van der Waals surface area (Å²) in [7, 11) is 0. The molecule has 3 aromatic carbocycles. The van der Waals surface area contributed by atoms with Crippen LogP contribution in [0.5, 0.6) is 0 Å². The van der Waals surface area contributed by atoms with Gasteiger partial charge in [-0.15, -0.1) is 0 Å². The van der Waals surface area contributed by atoms with E-state index in [4.69, 9.17) is 4.98 Å². The topological polar surface area (TPSA) is 57.8 Å². The maximum absolute atomic E-state index is 13.0. The third-order valence-electron chi connectivity index (χ3n) is 5.12. The van der Waals surface area contributed by atoms with Crippen molar-refractivity contribution in [3.8, 4) is 11.3 Å². The van der Waals surface area contributed by atoms with E-state index in [0.29, 0.717) is 12.2 Å². The van der Waals surface area contributed by atoms with Gasteiger partial charge in [-0.3, -0.25) is 4.79 Å². The van der Waals surface area contributed by atoms with E-state index in [1.54, 1.807) is 0 Å². The largest absolute Gasteiger partial charge is 0.353 e. The van der Waals surface area contributed by atoms with Gasteiger partial charge >= 0.3 is 0 Å². The van der Waals surface area contributed by atoms with Crippen molar-refractivity contribution in [2.75, 3.05) is 0 Å². The number of halogens is 1. The first-order valence-corrected chi connectivity index (χ1v) is 10.5. The Hall–Kier alpha value is -3.44. The molecule has 0 atom stereocenters. The zero-order valence-electron chi connectivity index (χ0n) is 16.0. The highest BCUT2D eigenvalue weighted by Crippen LogP contribution is 2.33. The second kappa shape index (κ2) is 7.76. The highest BCUT2D eigenvalue weighted by molar-refractivity contribution is 9.10. The molecule has 30 heavy (non-hydrogen) atoms. The summed E-state index contributed by atoms with van der Waals surface area (Å²) in [4.78, 5) is 21.2. The van der Waals surface area contributed by atoms with E-state index in [2.05, 4.69) is 32.3 Å². The number of fused-ring (bicyclic) bond motifs is 3. The summed E-state index contributed by atoms with van der Waals surface area (Å²) in [5.41, 5.74) is 5.10. The van der Waals surface area contributed by atoms with Crippen LogP contribution in [-0.2, 0) is 6.54 Å². The van der Waals surface area contributed by atoms with Crippen molar-refractivity contribution >= 4 is 43.6 Å². The van der Waals surface area contributed by atoms with E-state index in [0.717, 1.165) is 43.1 Å². The minimum atomic E-state index is -0.192. The van der Waals surface area contributed by atoms with Gasteiger partial charge in [0.1, 0.15) is 5.69 Å². The van der Waals surface area contributed by atoms with Crippen LogP contribution in [-0.4, -0.2) is 15.9 Å². The molecule has 0 saturated carbocycles. The molecule has 2 heterocycles. The maximum atomic E-state index is 13.0. The highest BCUT2D eigenvalue weighted by Gasteiger charge is 2.17. The predicted molar refractivity (Wildman–Crippen MR) is 124 cm³/mol. The first kappa shape index (κ1) is 18.6. The van der Waals surface area contributed by atoms with Crippen LogP contribution in [0.4, 0.5) is 0 Å².